The Morgan fingerprint density at radius 3 is 2.44 bits per heavy atom. The number of nitro groups is 1. The van der Waals surface area contributed by atoms with Crippen molar-refractivity contribution in [1.29, 1.82) is 0 Å². The maximum absolute atomic E-state index is 13.2. The van der Waals surface area contributed by atoms with Gasteiger partial charge in [-0.3, -0.25) is 14.9 Å². The van der Waals surface area contributed by atoms with Crippen molar-refractivity contribution in [1.82, 2.24) is 4.90 Å². The number of nitro benzene ring substituents is 1. The number of carbonyl (C=O) groups excluding carboxylic acids is 2. The van der Waals surface area contributed by atoms with Crippen molar-refractivity contribution >= 4 is 17.6 Å². The first kappa shape index (κ1) is 23.2. The van der Waals surface area contributed by atoms with Gasteiger partial charge in [-0.1, -0.05) is 31.4 Å². The molecule has 0 spiro atoms. The zero-order chi connectivity index (χ0) is 23.1. The number of methoxy groups -OCH3 is 1. The summed E-state index contributed by atoms with van der Waals surface area (Å²) in [6.45, 7) is -0.203. The van der Waals surface area contributed by atoms with E-state index in [0.29, 0.717) is 0 Å². The third-order valence-corrected chi connectivity index (χ3v) is 5.54. The normalized spacial score (nSPS) is 13.9. The molecule has 1 amide bonds. The molecule has 9 heteroatoms. The van der Waals surface area contributed by atoms with Crippen molar-refractivity contribution < 1.29 is 28.4 Å². The number of esters is 1. The van der Waals surface area contributed by atoms with Gasteiger partial charge >= 0.3 is 11.7 Å². The maximum Gasteiger partial charge on any atom is 0.338 e. The van der Waals surface area contributed by atoms with Crippen molar-refractivity contribution in [2.75, 3.05) is 13.7 Å². The monoisotopic (exact) mass is 444 g/mol. The number of nitrogens with zero attached hydrogens (tertiary/aromatic N) is 2. The van der Waals surface area contributed by atoms with Gasteiger partial charge in [0.1, 0.15) is 5.82 Å². The lowest BCUT2D eigenvalue weighted by Gasteiger charge is -2.34. The van der Waals surface area contributed by atoms with Crippen LogP contribution in [0.5, 0.6) is 5.75 Å². The number of carbonyl (C=O) groups is 2. The van der Waals surface area contributed by atoms with E-state index in [0.717, 1.165) is 43.7 Å². The number of halogens is 1. The molecule has 0 bridgehead atoms. The fourth-order valence-electron chi connectivity index (χ4n) is 3.85. The summed E-state index contributed by atoms with van der Waals surface area (Å²) < 4.78 is 23.3. The topological polar surface area (TPSA) is 99.0 Å². The van der Waals surface area contributed by atoms with Gasteiger partial charge in [0.2, 0.25) is 0 Å². The summed E-state index contributed by atoms with van der Waals surface area (Å²) in [5, 5.41) is 11.2. The number of hydrogen-bond acceptors (Lipinski definition) is 6. The summed E-state index contributed by atoms with van der Waals surface area (Å²) in [7, 11) is 1.29. The zero-order valence-electron chi connectivity index (χ0n) is 17.8. The molecule has 0 N–H and O–H groups in total. The van der Waals surface area contributed by atoms with Gasteiger partial charge in [0.05, 0.1) is 17.6 Å². The zero-order valence-corrected chi connectivity index (χ0v) is 17.8. The average Bonchev–Trinajstić information content (AvgIpc) is 2.82. The number of amides is 1. The van der Waals surface area contributed by atoms with Crippen LogP contribution in [-0.4, -0.2) is 41.5 Å². The molecular weight excluding hydrogens is 419 g/mol. The molecule has 0 aromatic heterocycles. The van der Waals surface area contributed by atoms with E-state index in [9.17, 15) is 24.1 Å². The van der Waals surface area contributed by atoms with Crippen LogP contribution in [0.25, 0.3) is 0 Å². The number of hydrogen-bond donors (Lipinski definition) is 0. The van der Waals surface area contributed by atoms with E-state index in [1.807, 2.05) is 0 Å². The van der Waals surface area contributed by atoms with E-state index >= 15 is 0 Å². The van der Waals surface area contributed by atoms with Crippen LogP contribution < -0.4 is 4.74 Å². The highest BCUT2D eigenvalue weighted by molar-refractivity contribution is 5.92. The minimum absolute atomic E-state index is 0.0158. The molecule has 32 heavy (non-hydrogen) atoms. The lowest BCUT2D eigenvalue weighted by atomic mass is 9.93. The fraction of sp³-hybridized carbons (Fsp3) is 0.391. The van der Waals surface area contributed by atoms with Crippen LogP contribution in [0.3, 0.4) is 0 Å². The third kappa shape index (κ3) is 5.81. The van der Waals surface area contributed by atoms with Crippen molar-refractivity contribution in [2.45, 2.75) is 44.7 Å². The highest BCUT2D eigenvalue weighted by Gasteiger charge is 2.27. The summed E-state index contributed by atoms with van der Waals surface area (Å²) in [6, 6.07) is 9.66. The Labute approximate surface area is 185 Å². The van der Waals surface area contributed by atoms with E-state index in [2.05, 4.69) is 0 Å². The molecular formula is C23H25FN2O6. The molecule has 0 unspecified atom stereocenters. The first-order valence-corrected chi connectivity index (χ1v) is 10.4. The average molecular weight is 444 g/mol. The minimum Gasteiger partial charge on any atom is -0.490 e. The molecule has 0 radical (unpaired) electrons. The Morgan fingerprint density at radius 1 is 1.12 bits per heavy atom. The minimum atomic E-state index is -0.838. The number of ether oxygens (including phenoxy) is 2. The summed E-state index contributed by atoms with van der Waals surface area (Å²) in [5.41, 5.74) is 0.365. The Bertz CT molecular complexity index is 973. The van der Waals surface area contributed by atoms with Crippen LogP contribution in [0, 0.1) is 15.9 Å². The van der Waals surface area contributed by atoms with Crippen LogP contribution in [0.1, 0.15) is 48.0 Å². The van der Waals surface area contributed by atoms with E-state index < -0.39 is 17.5 Å². The SMILES string of the molecule is COc1ccc(C(=O)OCC(=O)N(Cc2ccc(F)cc2)C2CCCCC2)cc1[N+](=O)[O-]. The fourth-order valence-corrected chi connectivity index (χ4v) is 3.85. The smallest absolute Gasteiger partial charge is 0.338 e. The highest BCUT2D eigenvalue weighted by Crippen LogP contribution is 2.28. The number of rotatable bonds is 8. The molecule has 1 saturated carbocycles. The molecule has 1 aliphatic rings. The lowest BCUT2D eigenvalue weighted by Crippen LogP contribution is -2.43. The van der Waals surface area contributed by atoms with E-state index in [1.165, 1.54) is 31.4 Å². The predicted octanol–water partition coefficient (Wildman–Crippen LogP) is 4.26. The van der Waals surface area contributed by atoms with E-state index in [1.54, 1.807) is 17.0 Å². The van der Waals surface area contributed by atoms with E-state index in [4.69, 9.17) is 9.47 Å². The molecule has 0 aliphatic heterocycles. The Kier molecular flexibility index (Phi) is 7.75. The van der Waals surface area contributed by atoms with Crippen LogP contribution >= 0.6 is 0 Å². The van der Waals surface area contributed by atoms with Gasteiger partial charge in [-0.15, -0.1) is 0 Å². The van der Waals surface area contributed by atoms with E-state index in [-0.39, 0.29) is 41.3 Å². The Morgan fingerprint density at radius 2 is 1.81 bits per heavy atom. The van der Waals surface area contributed by atoms with Crippen LogP contribution in [-0.2, 0) is 16.1 Å². The van der Waals surface area contributed by atoms with Crippen molar-refractivity contribution in [3.05, 3.63) is 69.5 Å². The third-order valence-electron chi connectivity index (χ3n) is 5.54. The largest absolute Gasteiger partial charge is 0.490 e. The summed E-state index contributed by atoms with van der Waals surface area (Å²) in [6.07, 6.45) is 4.83. The van der Waals surface area contributed by atoms with Crippen LogP contribution in [0.15, 0.2) is 42.5 Å². The van der Waals surface area contributed by atoms with Crippen molar-refractivity contribution in [3.8, 4) is 5.75 Å². The molecule has 0 atom stereocenters. The second kappa shape index (κ2) is 10.7. The summed E-state index contributed by atoms with van der Waals surface area (Å²) in [4.78, 5) is 37.6. The molecule has 170 valence electrons. The van der Waals surface area contributed by atoms with Gasteiger partial charge in [-0.25, -0.2) is 9.18 Å². The van der Waals surface area contributed by atoms with Gasteiger partial charge in [0.25, 0.3) is 5.91 Å². The molecule has 1 aliphatic carbocycles. The predicted molar refractivity (Wildman–Crippen MR) is 114 cm³/mol. The quantitative estimate of drug-likeness (QED) is 0.343. The molecule has 2 aromatic rings. The summed E-state index contributed by atoms with van der Waals surface area (Å²) in [5.74, 6) is -1.54. The molecule has 8 nitrogen and oxygen atoms in total. The lowest BCUT2D eigenvalue weighted by molar-refractivity contribution is -0.385. The standard InChI is InChI=1S/C23H25FN2O6/c1-31-21-12-9-17(13-20(21)26(29)30)23(28)32-15-22(27)25(19-5-3-2-4-6-19)14-16-7-10-18(24)11-8-16/h7-13,19H,2-6,14-15H2,1H3. The van der Waals surface area contributed by atoms with Gasteiger partial charge in [0, 0.05) is 18.7 Å². The molecule has 0 heterocycles. The van der Waals surface area contributed by atoms with Crippen molar-refractivity contribution in [3.63, 3.8) is 0 Å². The van der Waals surface area contributed by atoms with Crippen LogP contribution in [0.2, 0.25) is 0 Å². The second-order valence-corrected chi connectivity index (χ2v) is 7.66. The molecule has 3 rings (SSSR count). The first-order valence-electron chi connectivity index (χ1n) is 10.4. The Hall–Kier alpha value is -3.49. The molecule has 2 aromatic carbocycles. The molecule has 0 saturated heterocycles. The first-order chi connectivity index (χ1) is 15.4. The van der Waals surface area contributed by atoms with Gasteiger partial charge < -0.3 is 14.4 Å². The maximum atomic E-state index is 13.2. The van der Waals surface area contributed by atoms with Gasteiger partial charge in [-0.2, -0.15) is 0 Å². The van der Waals surface area contributed by atoms with Gasteiger partial charge in [-0.05, 0) is 42.7 Å². The Balaban J connectivity index is 1.70. The molecule has 1 fully saturated rings. The van der Waals surface area contributed by atoms with Crippen molar-refractivity contribution in [2.24, 2.45) is 0 Å². The second-order valence-electron chi connectivity index (χ2n) is 7.66. The highest BCUT2D eigenvalue weighted by atomic mass is 19.1. The number of benzene rings is 2. The van der Waals surface area contributed by atoms with Crippen LogP contribution in [0.4, 0.5) is 10.1 Å². The van der Waals surface area contributed by atoms with Gasteiger partial charge in [0.15, 0.2) is 12.4 Å². The summed E-state index contributed by atoms with van der Waals surface area (Å²) >= 11 is 0.